The molecular weight excluding hydrogens is 182 g/mol. The number of aliphatic hydroxyl groups is 1. The van der Waals surface area contributed by atoms with Crippen molar-refractivity contribution >= 4 is 5.91 Å². The van der Waals surface area contributed by atoms with Crippen LogP contribution in [-0.4, -0.2) is 35.8 Å². The van der Waals surface area contributed by atoms with E-state index in [1.165, 1.54) is 6.20 Å². The molecule has 0 saturated carbocycles. The van der Waals surface area contributed by atoms with Crippen molar-refractivity contribution in [1.82, 2.24) is 15.6 Å². The Morgan fingerprint density at radius 1 is 1.50 bits per heavy atom. The van der Waals surface area contributed by atoms with Crippen molar-refractivity contribution in [2.24, 2.45) is 0 Å². The van der Waals surface area contributed by atoms with E-state index in [0.29, 0.717) is 18.7 Å². The van der Waals surface area contributed by atoms with Gasteiger partial charge in [0, 0.05) is 25.5 Å². The predicted octanol–water partition coefficient (Wildman–Crippen LogP) is -0.649. The Morgan fingerprint density at radius 2 is 2.36 bits per heavy atom. The van der Waals surface area contributed by atoms with Crippen LogP contribution in [0, 0.1) is 0 Å². The third kappa shape index (κ3) is 3.51. The summed E-state index contributed by atoms with van der Waals surface area (Å²) in [5.74, 6) is -0.155. The van der Waals surface area contributed by atoms with E-state index in [1.54, 1.807) is 18.3 Å². The number of carbonyl (C=O) groups is 1. The quantitative estimate of drug-likeness (QED) is 0.431. The van der Waals surface area contributed by atoms with Crippen molar-refractivity contribution in [1.29, 1.82) is 0 Å². The average Bonchev–Trinajstić information content (AvgIpc) is 2.25. The van der Waals surface area contributed by atoms with E-state index in [-0.39, 0.29) is 12.6 Å². The van der Waals surface area contributed by atoms with Gasteiger partial charge < -0.3 is 10.4 Å². The van der Waals surface area contributed by atoms with Crippen LogP contribution >= 0.6 is 0 Å². The minimum atomic E-state index is -0.155. The van der Waals surface area contributed by atoms with Crippen LogP contribution in [0.2, 0.25) is 0 Å². The first-order valence-electron chi connectivity index (χ1n) is 4.34. The van der Waals surface area contributed by atoms with Crippen LogP contribution < -0.4 is 10.6 Å². The Hall–Kier alpha value is -1.46. The smallest absolute Gasteiger partial charge is 0.252 e. The molecule has 0 fully saturated rings. The van der Waals surface area contributed by atoms with E-state index in [1.807, 2.05) is 0 Å². The molecule has 0 bridgehead atoms. The average molecular weight is 195 g/mol. The van der Waals surface area contributed by atoms with Gasteiger partial charge in [0.2, 0.25) is 0 Å². The number of hydrogen-bond acceptors (Lipinski definition) is 4. The maximum atomic E-state index is 11.4. The van der Waals surface area contributed by atoms with Gasteiger partial charge in [-0.25, -0.2) is 0 Å². The van der Waals surface area contributed by atoms with Crippen molar-refractivity contribution in [3.63, 3.8) is 0 Å². The zero-order chi connectivity index (χ0) is 10.2. The topological polar surface area (TPSA) is 74.2 Å². The van der Waals surface area contributed by atoms with Crippen molar-refractivity contribution in [2.75, 3.05) is 19.8 Å². The van der Waals surface area contributed by atoms with Crippen molar-refractivity contribution in [3.8, 4) is 0 Å². The van der Waals surface area contributed by atoms with E-state index in [4.69, 9.17) is 5.11 Å². The summed E-state index contributed by atoms with van der Waals surface area (Å²) in [7, 11) is 0. The van der Waals surface area contributed by atoms with Crippen LogP contribution in [0.4, 0.5) is 0 Å². The molecule has 0 radical (unpaired) electrons. The first-order valence-corrected chi connectivity index (χ1v) is 4.34. The Morgan fingerprint density at radius 3 is 3.00 bits per heavy atom. The van der Waals surface area contributed by atoms with E-state index < -0.39 is 0 Å². The van der Waals surface area contributed by atoms with Gasteiger partial charge in [0.25, 0.3) is 5.91 Å². The highest BCUT2D eigenvalue weighted by Gasteiger charge is 2.02. The molecule has 0 aliphatic heterocycles. The van der Waals surface area contributed by atoms with Gasteiger partial charge in [-0.2, -0.15) is 0 Å². The first-order chi connectivity index (χ1) is 6.84. The molecule has 0 aliphatic rings. The number of aliphatic hydroxyl groups excluding tert-OH is 1. The summed E-state index contributed by atoms with van der Waals surface area (Å²) in [6.07, 6.45) is 3.12. The molecule has 3 N–H and O–H groups in total. The summed E-state index contributed by atoms with van der Waals surface area (Å²) in [4.78, 5) is 15.2. The highest BCUT2D eigenvalue weighted by molar-refractivity contribution is 5.93. The minimum absolute atomic E-state index is 0.0806. The number of rotatable bonds is 5. The molecule has 1 rings (SSSR count). The number of hydrogen-bond donors (Lipinski definition) is 3. The summed E-state index contributed by atoms with van der Waals surface area (Å²) in [6.45, 7) is 0.944. The van der Waals surface area contributed by atoms with Crippen molar-refractivity contribution in [3.05, 3.63) is 30.1 Å². The molecular formula is C9H13N3O2. The summed E-state index contributed by atoms with van der Waals surface area (Å²) < 4.78 is 0. The molecule has 0 spiro atoms. The lowest BCUT2D eigenvalue weighted by atomic mass is 10.3. The third-order valence-electron chi connectivity index (χ3n) is 1.62. The largest absolute Gasteiger partial charge is 0.381 e. The Bertz CT molecular complexity index is 277. The minimum Gasteiger partial charge on any atom is -0.381 e. The Balaban J connectivity index is 2.29. The number of carbonyl (C=O) groups excluding carboxylic acids is 1. The van der Waals surface area contributed by atoms with Crippen LogP contribution in [0.5, 0.6) is 0 Å². The van der Waals surface area contributed by atoms with Crippen LogP contribution in [0.25, 0.3) is 0 Å². The van der Waals surface area contributed by atoms with Gasteiger partial charge in [-0.05, 0) is 12.1 Å². The van der Waals surface area contributed by atoms with Gasteiger partial charge in [-0.15, -0.1) is 0 Å². The molecule has 5 nitrogen and oxygen atoms in total. The molecule has 1 amide bonds. The van der Waals surface area contributed by atoms with E-state index in [9.17, 15) is 4.79 Å². The molecule has 0 aliphatic carbocycles. The number of nitrogens with one attached hydrogen (secondary N) is 2. The number of pyridine rings is 1. The lowest BCUT2D eigenvalue weighted by Gasteiger charge is -2.04. The summed E-state index contributed by atoms with van der Waals surface area (Å²) in [6, 6.07) is 3.41. The van der Waals surface area contributed by atoms with E-state index >= 15 is 0 Å². The van der Waals surface area contributed by atoms with Gasteiger partial charge in [0.15, 0.2) is 0 Å². The van der Waals surface area contributed by atoms with Crippen LogP contribution in [0.15, 0.2) is 24.5 Å². The third-order valence-corrected chi connectivity index (χ3v) is 1.62. The van der Waals surface area contributed by atoms with Gasteiger partial charge in [0.1, 0.15) is 0 Å². The summed E-state index contributed by atoms with van der Waals surface area (Å²) in [5.41, 5.74) is 0.538. The molecule has 0 atom stereocenters. The zero-order valence-electron chi connectivity index (χ0n) is 7.73. The van der Waals surface area contributed by atoms with Crippen LogP contribution in [0.3, 0.4) is 0 Å². The maximum absolute atomic E-state index is 11.4. The number of nitrogens with zero attached hydrogens (tertiary/aromatic N) is 1. The van der Waals surface area contributed by atoms with E-state index in [2.05, 4.69) is 15.6 Å². The molecule has 0 saturated heterocycles. The summed E-state index contributed by atoms with van der Waals surface area (Å²) in [5, 5.41) is 13.8. The summed E-state index contributed by atoms with van der Waals surface area (Å²) >= 11 is 0. The molecule has 14 heavy (non-hydrogen) atoms. The molecule has 0 aromatic carbocycles. The predicted molar refractivity (Wildman–Crippen MR) is 51.7 cm³/mol. The van der Waals surface area contributed by atoms with Crippen LogP contribution in [0.1, 0.15) is 10.4 Å². The normalized spacial score (nSPS) is 9.79. The second-order valence-corrected chi connectivity index (χ2v) is 2.66. The van der Waals surface area contributed by atoms with Crippen molar-refractivity contribution < 1.29 is 9.90 Å². The van der Waals surface area contributed by atoms with Gasteiger partial charge >= 0.3 is 0 Å². The highest BCUT2D eigenvalue weighted by Crippen LogP contribution is 1.93. The molecule has 1 aromatic heterocycles. The first kappa shape index (κ1) is 10.6. The molecule has 1 heterocycles. The lowest BCUT2D eigenvalue weighted by molar-refractivity contribution is 0.0952. The maximum Gasteiger partial charge on any atom is 0.252 e. The van der Waals surface area contributed by atoms with Crippen molar-refractivity contribution in [2.45, 2.75) is 0 Å². The number of amides is 1. The standard InChI is InChI=1S/C9H13N3O2/c13-7-11-4-5-12-9(14)8-2-1-3-10-6-8/h1-3,6,11,13H,4-5,7H2,(H,12,14). The van der Waals surface area contributed by atoms with Gasteiger partial charge in [-0.1, -0.05) is 0 Å². The molecule has 5 heteroatoms. The fourth-order valence-electron chi connectivity index (χ4n) is 0.943. The van der Waals surface area contributed by atoms with Crippen LogP contribution in [-0.2, 0) is 0 Å². The number of aromatic nitrogens is 1. The van der Waals surface area contributed by atoms with Gasteiger partial charge in [0.05, 0.1) is 12.3 Å². The Kier molecular flexibility index (Phi) is 4.60. The van der Waals surface area contributed by atoms with E-state index in [0.717, 1.165) is 0 Å². The lowest BCUT2D eigenvalue weighted by Crippen LogP contribution is -2.32. The van der Waals surface area contributed by atoms with Gasteiger partial charge in [-0.3, -0.25) is 15.1 Å². The molecule has 76 valence electrons. The fraction of sp³-hybridized carbons (Fsp3) is 0.333. The second-order valence-electron chi connectivity index (χ2n) is 2.66. The second kappa shape index (κ2) is 6.06. The zero-order valence-corrected chi connectivity index (χ0v) is 7.73. The highest BCUT2D eigenvalue weighted by atomic mass is 16.3. The monoisotopic (exact) mass is 195 g/mol. The Labute approximate surface area is 82.2 Å². The molecule has 1 aromatic rings. The fourth-order valence-corrected chi connectivity index (χ4v) is 0.943. The SMILES string of the molecule is O=C(NCCNCO)c1cccnc1. The molecule has 0 unspecified atom stereocenters.